The highest BCUT2D eigenvalue weighted by molar-refractivity contribution is 5.89. The predicted molar refractivity (Wildman–Crippen MR) is 181 cm³/mol. The number of benzene rings is 2. The van der Waals surface area contributed by atoms with E-state index in [1.54, 1.807) is 12.1 Å². The van der Waals surface area contributed by atoms with Crippen molar-refractivity contribution < 1.29 is 24.2 Å². The average Bonchev–Trinajstić information content (AvgIpc) is 3.41. The molecule has 2 aromatic rings. The number of fused-ring (bicyclic) bond motifs is 5. The van der Waals surface area contributed by atoms with E-state index >= 15 is 0 Å². The molecule has 3 saturated carbocycles. The van der Waals surface area contributed by atoms with E-state index in [9.17, 15) is 14.7 Å². The number of aliphatic hydroxyl groups is 1. The van der Waals surface area contributed by atoms with E-state index < -0.39 is 6.10 Å². The van der Waals surface area contributed by atoms with E-state index in [1.165, 1.54) is 24.8 Å². The van der Waals surface area contributed by atoms with E-state index in [1.807, 2.05) is 48.5 Å². The van der Waals surface area contributed by atoms with Crippen molar-refractivity contribution in [3.05, 3.63) is 83.4 Å². The highest BCUT2D eigenvalue weighted by atomic mass is 16.5. The van der Waals surface area contributed by atoms with Gasteiger partial charge < -0.3 is 14.6 Å². The second kappa shape index (κ2) is 13.3. The van der Waals surface area contributed by atoms with Gasteiger partial charge in [0.1, 0.15) is 12.2 Å². The van der Waals surface area contributed by atoms with Crippen molar-refractivity contribution in [1.29, 1.82) is 0 Å². The fourth-order valence-electron chi connectivity index (χ4n) is 10.5. The molecule has 0 saturated heterocycles. The predicted octanol–water partition coefficient (Wildman–Crippen LogP) is 9.06. The Hall–Kier alpha value is -2.92. The second-order valence-corrected chi connectivity index (χ2v) is 15.8. The van der Waals surface area contributed by atoms with Crippen LogP contribution in [-0.2, 0) is 9.47 Å². The molecule has 2 aromatic carbocycles. The third-order valence-corrected chi connectivity index (χ3v) is 13.1. The van der Waals surface area contributed by atoms with Gasteiger partial charge in [0.15, 0.2) is 0 Å². The van der Waals surface area contributed by atoms with Crippen molar-refractivity contribution in [2.24, 2.45) is 46.3 Å². The number of hydrogen-bond acceptors (Lipinski definition) is 5. The van der Waals surface area contributed by atoms with E-state index in [0.29, 0.717) is 52.6 Å². The van der Waals surface area contributed by atoms with Gasteiger partial charge >= 0.3 is 11.9 Å². The molecule has 0 spiro atoms. The van der Waals surface area contributed by atoms with Crippen LogP contribution in [0.1, 0.15) is 113 Å². The molecule has 0 heterocycles. The normalized spacial score (nSPS) is 34.8. The first-order valence-electron chi connectivity index (χ1n) is 17.9. The lowest BCUT2D eigenvalue weighted by molar-refractivity contribution is -0.109. The molecule has 0 amide bonds. The van der Waals surface area contributed by atoms with Gasteiger partial charge in [0, 0.05) is 18.3 Å². The van der Waals surface area contributed by atoms with Gasteiger partial charge in [0.05, 0.1) is 17.2 Å². The smallest absolute Gasteiger partial charge is 0.338 e. The Morgan fingerprint density at radius 2 is 1.52 bits per heavy atom. The summed E-state index contributed by atoms with van der Waals surface area (Å²) in [7, 11) is 0. The first-order chi connectivity index (χ1) is 22.0. The third kappa shape index (κ3) is 6.09. The molecule has 4 aliphatic rings. The molecule has 0 aliphatic heterocycles. The fourth-order valence-corrected chi connectivity index (χ4v) is 10.5. The molecular weight excluding hydrogens is 572 g/mol. The molecule has 4 aliphatic carbocycles. The summed E-state index contributed by atoms with van der Waals surface area (Å²) in [6, 6.07) is 18.5. The summed E-state index contributed by atoms with van der Waals surface area (Å²) in [5.74, 6) is 2.68. The summed E-state index contributed by atoms with van der Waals surface area (Å²) >= 11 is 0. The first-order valence-corrected chi connectivity index (χ1v) is 17.9. The molecule has 0 bridgehead atoms. The molecule has 46 heavy (non-hydrogen) atoms. The van der Waals surface area contributed by atoms with Crippen LogP contribution in [0.2, 0.25) is 0 Å². The zero-order chi connectivity index (χ0) is 32.6. The van der Waals surface area contributed by atoms with E-state index in [2.05, 4.69) is 40.7 Å². The lowest BCUT2D eigenvalue weighted by Gasteiger charge is -2.59. The minimum Gasteiger partial charge on any atom is -0.459 e. The molecule has 10 atom stereocenters. The Balaban J connectivity index is 1.10. The van der Waals surface area contributed by atoms with Gasteiger partial charge in [-0.15, -0.1) is 0 Å². The standard InChI is InChI=1S/C41H54O5/c1-26(2)36(46-39(44)29-14-10-7-11-15-29)21-16-27(3)33-19-20-34-32-18-17-30-24-31(45-38(43)28-12-8-6-9-13-28)25-37(42)41(30,5)35(32)22-23-40(33,34)4/h6-15,17,26-27,31-37,42H,16,18-25H2,1-5H3/t27-,31-,32+,33-,34+,35+,36-,37+,40-,41+/m1/s1. The third-order valence-electron chi connectivity index (χ3n) is 13.1. The van der Waals surface area contributed by atoms with E-state index in [0.717, 1.165) is 32.1 Å². The van der Waals surface area contributed by atoms with Gasteiger partial charge in [-0.05, 0) is 110 Å². The highest BCUT2D eigenvalue weighted by Gasteiger charge is 2.61. The van der Waals surface area contributed by atoms with Crippen LogP contribution in [-0.4, -0.2) is 35.4 Å². The van der Waals surface area contributed by atoms with Crippen LogP contribution in [0, 0.1) is 46.3 Å². The number of carbonyl (C=O) groups excluding carboxylic acids is 2. The van der Waals surface area contributed by atoms with Crippen molar-refractivity contribution in [2.75, 3.05) is 0 Å². The maximum atomic E-state index is 12.8. The van der Waals surface area contributed by atoms with Crippen molar-refractivity contribution in [1.82, 2.24) is 0 Å². The lowest BCUT2D eigenvalue weighted by atomic mass is 9.46. The number of hydrogen-bond donors (Lipinski definition) is 1. The van der Waals surface area contributed by atoms with Gasteiger partial charge in [-0.3, -0.25) is 0 Å². The number of carbonyl (C=O) groups is 2. The minimum atomic E-state index is -0.513. The van der Waals surface area contributed by atoms with Crippen LogP contribution < -0.4 is 0 Å². The van der Waals surface area contributed by atoms with Crippen LogP contribution in [0.4, 0.5) is 0 Å². The zero-order valence-electron chi connectivity index (χ0n) is 28.5. The van der Waals surface area contributed by atoms with E-state index in [4.69, 9.17) is 9.47 Å². The maximum absolute atomic E-state index is 12.8. The molecule has 1 N–H and O–H groups in total. The second-order valence-electron chi connectivity index (χ2n) is 15.8. The van der Waals surface area contributed by atoms with Crippen LogP contribution in [0.25, 0.3) is 0 Å². The first kappa shape index (κ1) is 33.0. The molecule has 0 aromatic heterocycles. The van der Waals surface area contributed by atoms with E-state index in [-0.39, 0.29) is 35.5 Å². The van der Waals surface area contributed by atoms with Gasteiger partial charge in [0.25, 0.3) is 0 Å². The fraction of sp³-hybridized carbons (Fsp3) is 0.610. The zero-order valence-corrected chi connectivity index (χ0v) is 28.5. The topological polar surface area (TPSA) is 72.8 Å². The molecule has 3 fully saturated rings. The summed E-state index contributed by atoms with van der Waals surface area (Å²) in [6.07, 6.45) is 10.7. The Morgan fingerprint density at radius 3 is 2.17 bits per heavy atom. The maximum Gasteiger partial charge on any atom is 0.338 e. The van der Waals surface area contributed by atoms with Gasteiger partial charge in [-0.25, -0.2) is 9.59 Å². The van der Waals surface area contributed by atoms with Crippen LogP contribution in [0.15, 0.2) is 72.3 Å². The quantitative estimate of drug-likeness (QED) is 0.222. The van der Waals surface area contributed by atoms with Crippen molar-refractivity contribution >= 4 is 11.9 Å². The molecule has 5 heteroatoms. The van der Waals surface area contributed by atoms with Crippen LogP contribution in [0.5, 0.6) is 0 Å². The lowest BCUT2D eigenvalue weighted by Crippen LogP contribution is -2.56. The largest absolute Gasteiger partial charge is 0.459 e. The number of esters is 2. The molecule has 248 valence electrons. The molecular formula is C41H54O5. The molecule has 0 unspecified atom stereocenters. The monoisotopic (exact) mass is 626 g/mol. The summed E-state index contributed by atoms with van der Waals surface area (Å²) in [5.41, 5.74) is 2.52. The van der Waals surface area contributed by atoms with Crippen LogP contribution >= 0.6 is 0 Å². The summed E-state index contributed by atoms with van der Waals surface area (Å²) in [5, 5.41) is 11.7. The van der Waals surface area contributed by atoms with Crippen molar-refractivity contribution in [2.45, 2.75) is 111 Å². The highest BCUT2D eigenvalue weighted by Crippen LogP contribution is 2.67. The Labute approximate surface area is 276 Å². The van der Waals surface area contributed by atoms with Gasteiger partial charge in [-0.2, -0.15) is 0 Å². The van der Waals surface area contributed by atoms with Crippen molar-refractivity contribution in [3.8, 4) is 0 Å². The molecule has 5 nitrogen and oxygen atoms in total. The summed E-state index contributed by atoms with van der Waals surface area (Å²) in [4.78, 5) is 25.7. The number of allylic oxidation sites excluding steroid dienone is 1. The number of rotatable bonds is 9. The average molecular weight is 627 g/mol. The van der Waals surface area contributed by atoms with Gasteiger partial charge in [-0.1, -0.05) is 82.7 Å². The number of aliphatic hydroxyl groups excluding tert-OH is 1. The summed E-state index contributed by atoms with van der Waals surface area (Å²) < 4.78 is 12.0. The Bertz CT molecular complexity index is 1400. The molecule has 6 rings (SSSR count). The van der Waals surface area contributed by atoms with Crippen LogP contribution in [0.3, 0.4) is 0 Å². The van der Waals surface area contributed by atoms with Gasteiger partial charge in [0.2, 0.25) is 0 Å². The Kier molecular flexibility index (Phi) is 9.54. The summed E-state index contributed by atoms with van der Waals surface area (Å²) in [6.45, 7) is 11.6. The van der Waals surface area contributed by atoms with Crippen molar-refractivity contribution in [3.63, 3.8) is 0 Å². The SMILES string of the molecule is CC(C)[C@@H](CC[C@@H](C)[C@H]1CC[C@H]2[C@@H]3CC=C4C[C@@H](OC(=O)c5ccccc5)C[C@H](O)[C@]4(C)[C@H]3CC[C@]12C)OC(=O)c1ccccc1. The number of ether oxygens (including phenoxy) is 2. The Morgan fingerprint density at radius 1 is 0.870 bits per heavy atom. The molecule has 0 radical (unpaired) electrons. The minimum absolute atomic E-state index is 0.0821.